The van der Waals surface area contributed by atoms with E-state index >= 15 is 0 Å². The molecule has 5 nitrogen and oxygen atoms in total. The van der Waals surface area contributed by atoms with Crippen LogP contribution in [0, 0.1) is 6.92 Å². The lowest BCUT2D eigenvalue weighted by molar-refractivity contribution is 0.0572. The van der Waals surface area contributed by atoms with Gasteiger partial charge >= 0.3 is 0 Å². The van der Waals surface area contributed by atoms with Crippen LogP contribution in [0.3, 0.4) is 0 Å². The highest BCUT2D eigenvalue weighted by molar-refractivity contribution is 5.40. The molecule has 1 fully saturated rings. The largest absolute Gasteiger partial charge is 0.389 e. The Morgan fingerprint density at radius 1 is 1.29 bits per heavy atom. The smallest absolute Gasteiger partial charge is 0.132 e. The zero-order valence-electron chi connectivity index (χ0n) is 7.96. The second kappa shape index (κ2) is 3.51. The third-order valence-electron chi connectivity index (χ3n) is 2.37. The highest BCUT2D eigenvalue weighted by Gasteiger charge is 2.30. The van der Waals surface area contributed by atoms with Gasteiger partial charge in [0.25, 0.3) is 0 Å². The highest BCUT2D eigenvalue weighted by Crippen LogP contribution is 2.18. The first kappa shape index (κ1) is 9.36. The third-order valence-corrected chi connectivity index (χ3v) is 2.37. The van der Waals surface area contributed by atoms with Crippen LogP contribution in [0.25, 0.3) is 0 Å². The first-order valence-electron chi connectivity index (χ1n) is 4.56. The van der Waals surface area contributed by atoms with Crippen molar-refractivity contribution < 1.29 is 10.2 Å². The lowest BCUT2D eigenvalue weighted by Crippen LogP contribution is -2.22. The Hall–Kier alpha value is -1.20. The Morgan fingerprint density at radius 3 is 2.50 bits per heavy atom. The summed E-state index contributed by atoms with van der Waals surface area (Å²) in [7, 11) is 0. The predicted molar refractivity (Wildman–Crippen MR) is 51.0 cm³/mol. The third kappa shape index (κ3) is 1.69. The number of hydrogen-bond donors (Lipinski definition) is 2. The van der Waals surface area contributed by atoms with Gasteiger partial charge in [0, 0.05) is 24.8 Å². The molecule has 0 bridgehead atoms. The number of hydrogen-bond acceptors (Lipinski definition) is 5. The number of aryl methyl sites for hydroxylation is 1. The number of aliphatic hydroxyl groups is 2. The normalized spacial score (nSPS) is 26.9. The van der Waals surface area contributed by atoms with Crippen LogP contribution < -0.4 is 4.90 Å². The molecule has 1 saturated heterocycles. The van der Waals surface area contributed by atoms with Crippen molar-refractivity contribution in [1.82, 2.24) is 9.97 Å². The number of anilines is 1. The fourth-order valence-corrected chi connectivity index (χ4v) is 1.57. The highest BCUT2D eigenvalue weighted by atomic mass is 16.3. The van der Waals surface area contributed by atoms with Crippen molar-refractivity contribution in [2.75, 3.05) is 18.0 Å². The number of aromatic nitrogens is 2. The molecular weight excluding hydrogens is 182 g/mol. The Bertz CT molecular complexity index is 322. The van der Waals surface area contributed by atoms with Gasteiger partial charge in [-0.2, -0.15) is 0 Å². The summed E-state index contributed by atoms with van der Waals surface area (Å²) in [5.41, 5.74) is 0.880. The van der Waals surface area contributed by atoms with E-state index < -0.39 is 12.2 Å². The Balaban J connectivity index is 2.17. The van der Waals surface area contributed by atoms with Gasteiger partial charge in [-0.15, -0.1) is 0 Å². The monoisotopic (exact) mass is 195 g/mol. The maximum atomic E-state index is 9.36. The molecule has 0 amide bonds. The Labute approximate surface area is 82.0 Å². The zero-order valence-corrected chi connectivity index (χ0v) is 7.96. The first-order chi connectivity index (χ1) is 6.66. The van der Waals surface area contributed by atoms with Crippen molar-refractivity contribution in [1.29, 1.82) is 0 Å². The lowest BCUT2D eigenvalue weighted by atomic mass is 10.3. The van der Waals surface area contributed by atoms with E-state index in [2.05, 4.69) is 9.97 Å². The van der Waals surface area contributed by atoms with Gasteiger partial charge in [-0.05, 0) is 6.92 Å². The molecule has 1 aromatic rings. The van der Waals surface area contributed by atoms with E-state index in [4.69, 9.17) is 0 Å². The van der Waals surface area contributed by atoms with Crippen molar-refractivity contribution in [2.45, 2.75) is 19.1 Å². The van der Waals surface area contributed by atoms with Gasteiger partial charge in [-0.1, -0.05) is 0 Å². The summed E-state index contributed by atoms with van der Waals surface area (Å²) in [6, 6.07) is 1.84. The average Bonchev–Trinajstić information content (AvgIpc) is 2.47. The van der Waals surface area contributed by atoms with Gasteiger partial charge in [-0.25, -0.2) is 9.97 Å². The molecule has 0 aromatic carbocycles. The van der Waals surface area contributed by atoms with E-state index in [1.54, 1.807) is 0 Å². The van der Waals surface area contributed by atoms with E-state index in [9.17, 15) is 10.2 Å². The van der Waals surface area contributed by atoms with Crippen LogP contribution in [0.4, 0.5) is 5.82 Å². The molecular formula is C9H13N3O2. The molecule has 2 atom stereocenters. The zero-order chi connectivity index (χ0) is 10.1. The van der Waals surface area contributed by atoms with Crippen LogP contribution in [0.5, 0.6) is 0 Å². The summed E-state index contributed by atoms with van der Waals surface area (Å²) in [4.78, 5) is 9.92. The molecule has 0 radical (unpaired) electrons. The first-order valence-corrected chi connectivity index (χ1v) is 4.56. The van der Waals surface area contributed by atoms with E-state index in [0.717, 1.165) is 11.5 Å². The van der Waals surface area contributed by atoms with Crippen LogP contribution in [0.1, 0.15) is 5.69 Å². The summed E-state index contributed by atoms with van der Waals surface area (Å²) < 4.78 is 0. The summed E-state index contributed by atoms with van der Waals surface area (Å²) in [5, 5.41) is 18.7. The number of β-amino-alcohol motifs (C(OH)–C–C–N with tert-alkyl or cyclic N) is 2. The molecule has 1 aliphatic rings. The molecule has 14 heavy (non-hydrogen) atoms. The van der Waals surface area contributed by atoms with E-state index in [1.165, 1.54) is 6.33 Å². The van der Waals surface area contributed by atoms with Crippen molar-refractivity contribution >= 4 is 5.82 Å². The van der Waals surface area contributed by atoms with Crippen molar-refractivity contribution in [2.24, 2.45) is 0 Å². The van der Waals surface area contributed by atoms with Crippen molar-refractivity contribution in [3.63, 3.8) is 0 Å². The van der Waals surface area contributed by atoms with Crippen LogP contribution in [-0.4, -0.2) is 45.5 Å². The fraction of sp³-hybridized carbons (Fsp3) is 0.556. The molecule has 2 rings (SSSR count). The standard InChI is InChI=1S/C9H13N3O2/c1-6-2-9(11-5-10-6)12-3-7(13)8(14)4-12/h2,5,7-8,13-14H,3-4H2,1H3. The van der Waals surface area contributed by atoms with Gasteiger partial charge in [-0.3, -0.25) is 0 Å². The quantitative estimate of drug-likeness (QED) is 0.621. The van der Waals surface area contributed by atoms with Crippen LogP contribution >= 0.6 is 0 Å². The van der Waals surface area contributed by atoms with Gasteiger partial charge in [0.2, 0.25) is 0 Å². The minimum Gasteiger partial charge on any atom is -0.389 e. The van der Waals surface area contributed by atoms with Crippen LogP contribution in [0.2, 0.25) is 0 Å². The molecule has 1 aromatic heterocycles. The molecule has 2 unspecified atom stereocenters. The summed E-state index contributed by atoms with van der Waals surface area (Å²) in [6.45, 7) is 2.74. The van der Waals surface area contributed by atoms with Crippen molar-refractivity contribution in [3.05, 3.63) is 18.1 Å². The molecule has 0 spiro atoms. The van der Waals surface area contributed by atoms with Gasteiger partial charge in [0.1, 0.15) is 12.1 Å². The fourth-order valence-electron chi connectivity index (χ4n) is 1.57. The summed E-state index contributed by atoms with van der Waals surface area (Å²) >= 11 is 0. The molecule has 0 saturated carbocycles. The SMILES string of the molecule is Cc1cc(N2CC(O)C(O)C2)ncn1. The topological polar surface area (TPSA) is 69.5 Å². The number of nitrogens with zero attached hydrogens (tertiary/aromatic N) is 3. The maximum absolute atomic E-state index is 9.36. The Morgan fingerprint density at radius 2 is 1.93 bits per heavy atom. The molecule has 2 N–H and O–H groups in total. The second-order valence-corrected chi connectivity index (χ2v) is 3.56. The second-order valence-electron chi connectivity index (χ2n) is 3.56. The average molecular weight is 195 g/mol. The van der Waals surface area contributed by atoms with Gasteiger partial charge in [0.05, 0.1) is 12.2 Å². The minimum atomic E-state index is -0.676. The van der Waals surface area contributed by atoms with E-state index in [0.29, 0.717) is 13.1 Å². The van der Waals surface area contributed by atoms with E-state index in [-0.39, 0.29) is 0 Å². The lowest BCUT2D eigenvalue weighted by Gasteiger charge is -2.15. The van der Waals surface area contributed by atoms with Crippen LogP contribution in [0.15, 0.2) is 12.4 Å². The summed E-state index contributed by atoms with van der Waals surface area (Å²) in [5.74, 6) is 0.758. The molecule has 2 heterocycles. The molecule has 0 aliphatic carbocycles. The van der Waals surface area contributed by atoms with E-state index in [1.807, 2.05) is 17.9 Å². The molecule has 1 aliphatic heterocycles. The maximum Gasteiger partial charge on any atom is 0.132 e. The van der Waals surface area contributed by atoms with Crippen molar-refractivity contribution in [3.8, 4) is 0 Å². The number of aliphatic hydroxyl groups excluding tert-OH is 2. The Kier molecular flexibility index (Phi) is 2.35. The van der Waals surface area contributed by atoms with Gasteiger partial charge < -0.3 is 15.1 Å². The predicted octanol–water partition coefficient (Wildman–Crippen LogP) is -0.673. The number of rotatable bonds is 1. The van der Waals surface area contributed by atoms with Crippen LogP contribution in [-0.2, 0) is 0 Å². The molecule has 76 valence electrons. The molecule has 5 heteroatoms. The summed E-state index contributed by atoms with van der Waals surface area (Å²) in [6.07, 6.45) is 0.136. The van der Waals surface area contributed by atoms with Gasteiger partial charge in [0.15, 0.2) is 0 Å². The minimum absolute atomic E-state index is 0.428.